The zero-order chi connectivity index (χ0) is 15.1. The molecule has 1 fully saturated rings. The Bertz CT molecular complexity index is 599. The number of rotatable bonds is 3. The standard InChI is InChI=1S/C12H9F4NO3/c13-6-4-5(7(14)9(16)8(6)15)10(18)17-12(11(19)20)2-1-3-12/h4H,1-3H2,(H,17,18)(H,19,20). The molecule has 0 aromatic heterocycles. The van der Waals surface area contributed by atoms with E-state index in [4.69, 9.17) is 5.11 Å². The first-order chi connectivity index (χ1) is 9.28. The van der Waals surface area contributed by atoms with Gasteiger partial charge in [-0.25, -0.2) is 22.4 Å². The van der Waals surface area contributed by atoms with E-state index in [1.807, 2.05) is 5.32 Å². The van der Waals surface area contributed by atoms with Crippen molar-refractivity contribution in [3.8, 4) is 0 Å². The van der Waals surface area contributed by atoms with Gasteiger partial charge in [-0.05, 0) is 25.3 Å². The van der Waals surface area contributed by atoms with Crippen LogP contribution in [0.25, 0.3) is 0 Å². The molecule has 1 aromatic rings. The molecule has 0 atom stereocenters. The highest BCUT2D eigenvalue weighted by Gasteiger charge is 2.46. The zero-order valence-corrected chi connectivity index (χ0v) is 9.97. The molecule has 2 N–H and O–H groups in total. The van der Waals surface area contributed by atoms with E-state index in [0.29, 0.717) is 6.42 Å². The fourth-order valence-corrected chi connectivity index (χ4v) is 1.95. The second-order valence-corrected chi connectivity index (χ2v) is 4.54. The van der Waals surface area contributed by atoms with Crippen LogP contribution in [0.2, 0.25) is 0 Å². The van der Waals surface area contributed by atoms with Gasteiger partial charge >= 0.3 is 5.97 Å². The summed E-state index contributed by atoms with van der Waals surface area (Å²) in [5.41, 5.74) is -2.64. The van der Waals surface area contributed by atoms with Crippen LogP contribution >= 0.6 is 0 Å². The first-order valence-electron chi connectivity index (χ1n) is 5.67. The Morgan fingerprint density at radius 3 is 2.15 bits per heavy atom. The van der Waals surface area contributed by atoms with E-state index in [0.717, 1.165) is 0 Å². The van der Waals surface area contributed by atoms with E-state index < -0.39 is 46.2 Å². The molecule has 1 aliphatic rings. The molecule has 20 heavy (non-hydrogen) atoms. The van der Waals surface area contributed by atoms with Gasteiger partial charge in [-0.15, -0.1) is 0 Å². The molecule has 1 aromatic carbocycles. The molecule has 0 heterocycles. The molecule has 1 aliphatic carbocycles. The summed E-state index contributed by atoms with van der Waals surface area (Å²) in [5, 5.41) is 11.0. The van der Waals surface area contributed by atoms with Gasteiger partial charge in [0, 0.05) is 0 Å². The molecule has 0 saturated heterocycles. The van der Waals surface area contributed by atoms with E-state index in [9.17, 15) is 27.2 Å². The van der Waals surface area contributed by atoms with Crippen LogP contribution in [0.1, 0.15) is 29.6 Å². The molecule has 0 aliphatic heterocycles. The molecule has 8 heteroatoms. The maximum atomic E-state index is 13.4. The Balaban J connectivity index is 2.33. The van der Waals surface area contributed by atoms with Gasteiger partial charge in [0.1, 0.15) is 5.54 Å². The number of halogens is 4. The minimum absolute atomic E-state index is 0.127. The lowest BCUT2D eigenvalue weighted by molar-refractivity contribution is -0.148. The molecule has 0 spiro atoms. The van der Waals surface area contributed by atoms with Crippen molar-refractivity contribution in [3.63, 3.8) is 0 Å². The van der Waals surface area contributed by atoms with E-state index in [1.54, 1.807) is 0 Å². The van der Waals surface area contributed by atoms with Gasteiger partial charge in [-0.1, -0.05) is 0 Å². The molecule has 2 rings (SSSR count). The number of benzene rings is 1. The Morgan fingerprint density at radius 2 is 1.70 bits per heavy atom. The number of carbonyl (C=O) groups excluding carboxylic acids is 1. The summed E-state index contributed by atoms with van der Waals surface area (Å²) in [4.78, 5) is 22.8. The first-order valence-corrected chi connectivity index (χ1v) is 5.67. The summed E-state index contributed by atoms with van der Waals surface area (Å²) < 4.78 is 52.2. The minimum Gasteiger partial charge on any atom is -0.480 e. The summed E-state index contributed by atoms with van der Waals surface area (Å²) in [6.07, 6.45) is 0.797. The molecular formula is C12H9F4NO3. The summed E-state index contributed by atoms with van der Waals surface area (Å²) in [6.45, 7) is 0. The lowest BCUT2D eigenvalue weighted by Crippen LogP contribution is -2.59. The number of carboxylic acid groups (broad SMARTS) is 1. The van der Waals surface area contributed by atoms with Gasteiger partial charge in [-0.2, -0.15) is 0 Å². The molecule has 1 saturated carbocycles. The van der Waals surface area contributed by atoms with E-state index in [1.165, 1.54) is 0 Å². The fourth-order valence-electron chi connectivity index (χ4n) is 1.95. The highest BCUT2D eigenvalue weighted by molar-refractivity contribution is 5.98. The van der Waals surface area contributed by atoms with Crippen LogP contribution in [0.15, 0.2) is 6.07 Å². The molecule has 0 unspecified atom stereocenters. The van der Waals surface area contributed by atoms with Gasteiger partial charge in [0.05, 0.1) is 5.56 Å². The van der Waals surface area contributed by atoms with Gasteiger partial charge in [0.2, 0.25) is 0 Å². The summed E-state index contributed by atoms with van der Waals surface area (Å²) in [7, 11) is 0. The number of hydrogen-bond donors (Lipinski definition) is 2. The van der Waals surface area contributed by atoms with Crippen molar-refractivity contribution >= 4 is 11.9 Å². The quantitative estimate of drug-likeness (QED) is 0.508. The van der Waals surface area contributed by atoms with Gasteiger partial charge in [0.25, 0.3) is 5.91 Å². The van der Waals surface area contributed by atoms with Crippen LogP contribution < -0.4 is 5.32 Å². The Hall–Kier alpha value is -2.12. The van der Waals surface area contributed by atoms with E-state index in [2.05, 4.69) is 0 Å². The van der Waals surface area contributed by atoms with Gasteiger partial charge in [0.15, 0.2) is 23.3 Å². The third-order valence-electron chi connectivity index (χ3n) is 3.32. The SMILES string of the molecule is O=C(NC1(C(=O)O)CCC1)c1cc(F)c(F)c(F)c1F. The first kappa shape index (κ1) is 14.3. The van der Waals surface area contributed by atoms with Crippen LogP contribution in [0.5, 0.6) is 0 Å². The maximum absolute atomic E-state index is 13.4. The number of hydrogen-bond acceptors (Lipinski definition) is 2. The molecule has 0 bridgehead atoms. The normalized spacial score (nSPS) is 16.4. The number of nitrogens with one attached hydrogen (secondary N) is 1. The van der Waals surface area contributed by atoms with E-state index in [-0.39, 0.29) is 18.9 Å². The highest BCUT2D eigenvalue weighted by Crippen LogP contribution is 2.32. The van der Waals surface area contributed by atoms with Crippen molar-refractivity contribution in [2.45, 2.75) is 24.8 Å². The number of aliphatic carboxylic acids is 1. The van der Waals surface area contributed by atoms with Crippen LogP contribution in [-0.2, 0) is 4.79 Å². The molecule has 4 nitrogen and oxygen atoms in total. The number of amides is 1. The van der Waals surface area contributed by atoms with Gasteiger partial charge < -0.3 is 10.4 Å². The predicted molar refractivity (Wildman–Crippen MR) is 58.0 cm³/mol. The smallest absolute Gasteiger partial charge is 0.329 e. The largest absolute Gasteiger partial charge is 0.480 e. The predicted octanol–water partition coefficient (Wildman–Crippen LogP) is 1.98. The van der Waals surface area contributed by atoms with E-state index >= 15 is 0 Å². The molecular weight excluding hydrogens is 282 g/mol. The van der Waals surface area contributed by atoms with Crippen LogP contribution in [0.3, 0.4) is 0 Å². The van der Waals surface area contributed by atoms with Crippen molar-refractivity contribution in [2.24, 2.45) is 0 Å². The number of carboxylic acids is 1. The lowest BCUT2D eigenvalue weighted by Gasteiger charge is -2.38. The second kappa shape index (κ2) is 4.77. The average Bonchev–Trinajstić information content (AvgIpc) is 2.34. The third-order valence-corrected chi connectivity index (χ3v) is 3.32. The second-order valence-electron chi connectivity index (χ2n) is 4.54. The Morgan fingerprint density at radius 1 is 1.10 bits per heavy atom. The van der Waals surface area contributed by atoms with Crippen LogP contribution in [0, 0.1) is 23.3 Å². The van der Waals surface area contributed by atoms with Crippen molar-refractivity contribution in [3.05, 3.63) is 34.9 Å². The lowest BCUT2D eigenvalue weighted by atomic mass is 9.76. The molecule has 0 radical (unpaired) electrons. The average molecular weight is 291 g/mol. The molecule has 108 valence electrons. The maximum Gasteiger partial charge on any atom is 0.329 e. The van der Waals surface area contributed by atoms with Crippen LogP contribution in [-0.4, -0.2) is 22.5 Å². The zero-order valence-electron chi connectivity index (χ0n) is 9.97. The minimum atomic E-state index is -2.12. The summed E-state index contributed by atoms with van der Waals surface area (Å²) >= 11 is 0. The van der Waals surface area contributed by atoms with Gasteiger partial charge in [-0.3, -0.25) is 4.79 Å². The van der Waals surface area contributed by atoms with Crippen molar-refractivity contribution in [1.82, 2.24) is 5.32 Å². The summed E-state index contributed by atoms with van der Waals surface area (Å²) in [5.74, 6) is -10.4. The van der Waals surface area contributed by atoms with Crippen molar-refractivity contribution in [2.75, 3.05) is 0 Å². The highest BCUT2D eigenvalue weighted by atomic mass is 19.2. The third kappa shape index (κ3) is 2.10. The fraction of sp³-hybridized carbons (Fsp3) is 0.333. The molecule has 1 amide bonds. The van der Waals surface area contributed by atoms with Crippen LogP contribution in [0.4, 0.5) is 17.6 Å². The topological polar surface area (TPSA) is 66.4 Å². The van der Waals surface area contributed by atoms with Crippen molar-refractivity contribution in [1.29, 1.82) is 0 Å². The Labute approximate surface area is 110 Å². The Kier molecular flexibility index (Phi) is 3.41. The monoisotopic (exact) mass is 291 g/mol. The van der Waals surface area contributed by atoms with Crippen molar-refractivity contribution < 1.29 is 32.3 Å². The summed E-state index contributed by atoms with van der Waals surface area (Å²) in [6, 6.07) is 0.192. The number of carbonyl (C=O) groups is 2.